The van der Waals surface area contributed by atoms with Gasteiger partial charge < -0.3 is 0 Å². The van der Waals surface area contributed by atoms with E-state index in [1.807, 2.05) is 0 Å². The number of fused-ring (bicyclic) bond motifs is 2. The van der Waals surface area contributed by atoms with Gasteiger partial charge in [0.15, 0.2) is 0 Å². The molecular weight excluding hydrogens is 638 g/mol. The van der Waals surface area contributed by atoms with Crippen molar-refractivity contribution in [3.8, 4) is 11.1 Å². The first-order valence-corrected chi connectivity index (χ1v) is 19.5. The molecule has 50 heavy (non-hydrogen) atoms. The molecule has 2 aliphatic rings. The first-order valence-electron chi connectivity index (χ1n) is 17.5. The van der Waals surface area contributed by atoms with E-state index in [-0.39, 0.29) is 10.3 Å². The molecule has 0 fully saturated rings. The highest BCUT2D eigenvalue weighted by molar-refractivity contribution is 7.49. The van der Waals surface area contributed by atoms with Crippen LogP contribution in [0.15, 0.2) is 169 Å². The van der Waals surface area contributed by atoms with E-state index in [0.29, 0.717) is 17.2 Å². The molecule has 0 saturated carbocycles. The SMILES string of the molecule is CC1=C[CH+]C(Pc2ccc(C)cc2)(c2ccc3ccccc3c2-c2c(C3(Pc4ccc(C)cc4)C=CC(C)=C[CH-]3)ccc3ccccc23)C=C1. The number of rotatable bonds is 7. The molecular formula is C48H42P2. The molecule has 2 aliphatic carbocycles. The van der Waals surface area contributed by atoms with E-state index in [4.69, 9.17) is 0 Å². The number of aryl methyl sites for hydroxylation is 2. The summed E-state index contributed by atoms with van der Waals surface area (Å²) < 4.78 is 0. The number of benzene rings is 6. The zero-order valence-corrected chi connectivity index (χ0v) is 31.2. The molecule has 0 heterocycles. The van der Waals surface area contributed by atoms with Crippen molar-refractivity contribution < 1.29 is 0 Å². The van der Waals surface area contributed by atoms with Gasteiger partial charge in [0, 0.05) is 13.0 Å². The second kappa shape index (κ2) is 13.3. The van der Waals surface area contributed by atoms with Crippen molar-refractivity contribution in [3.05, 3.63) is 204 Å². The van der Waals surface area contributed by atoms with Crippen LogP contribution < -0.4 is 10.6 Å². The van der Waals surface area contributed by atoms with Gasteiger partial charge in [-0.3, -0.25) is 0 Å². The highest BCUT2D eigenvalue weighted by atomic mass is 31.1. The van der Waals surface area contributed by atoms with Crippen LogP contribution >= 0.6 is 17.2 Å². The maximum atomic E-state index is 2.47. The molecule has 0 amide bonds. The van der Waals surface area contributed by atoms with Crippen molar-refractivity contribution in [1.29, 1.82) is 0 Å². The Morgan fingerprint density at radius 2 is 1.06 bits per heavy atom. The van der Waals surface area contributed by atoms with E-state index >= 15 is 0 Å². The molecule has 4 unspecified atom stereocenters. The van der Waals surface area contributed by atoms with E-state index in [1.165, 1.54) is 76.7 Å². The van der Waals surface area contributed by atoms with Crippen molar-refractivity contribution in [3.63, 3.8) is 0 Å². The van der Waals surface area contributed by atoms with Crippen LogP contribution in [0.25, 0.3) is 32.7 Å². The summed E-state index contributed by atoms with van der Waals surface area (Å²) in [7, 11) is 1.06. The van der Waals surface area contributed by atoms with Crippen LogP contribution in [-0.4, -0.2) is 0 Å². The van der Waals surface area contributed by atoms with Gasteiger partial charge in [0.25, 0.3) is 0 Å². The van der Waals surface area contributed by atoms with Crippen LogP contribution in [0.2, 0.25) is 0 Å². The summed E-state index contributed by atoms with van der Waals surface area (Å²) in [5, 5.41) is 7.23. The number of hydrogen-bond donors (Lipinski definition) is 0. The maximum absolute atomic E-state index is 2.47. The van der Waals surface area contributed by atoms with Crippen LogP contribution in [0, 0.1) is 26.7 Å². The van der Waals surface area contributed by atoms with Gasteiger partial charge in [-0.05, 0) is 88.1 Å². The standard InChI is InChI=1S/C48H42P2/c1-33-13-19-39(20-14-33)49-47(29-25-35(3)26-30-47)43-23-17-37-9-5-7-11-41(37)45(43)46-42-12-8-6-10-38(42)18-24-44(46)48(31-27-36(4)28-32-48)50-40-21-15-34(2)16-22-40/h5-32,49-50H,1-4H3. The molecule has 6 aromatic rings. The van der Waals surface area contributed by atoms with E-state index in [2.05, 4.69) is 198 Å². The van der Waals surface area contributed by atoms with Gasteiger partial charge >= 0.3 is 0 Å². The van der Waals surface area contributed by atoms with Crippen LogP contribution in [0.3, 0.4) is 0 Å². The molecule has 0 bridgehead atoms. The predicted octanol–water partition coefficient (Wildman–Crippen LogP) is 12.1. The van der Waals surface area contributed by atoms with Gasteiger partial charge in [-0.15, -0.1) is 19.1 Å². The van der Waals surface area contributed by atoms with Gasteiger partial charge in [-0.1, -0.05) is 141 Å². The van der Waals surface area contributed by atoms with Crippen LogP contribution in [-0.2, 0) is 10.3 Å². The molecule has 0 aliphatic heterocycles. The summed E-state index contributed by atoms with van der Waals surface area (Å²) in [4.78, 5) is 0. The van der Waals surface area contributed by atoms with E-state index in [1.54, 1.807) is 0 Å². The maximum Gasteiger partial charge on any atom is 0.119 e. The molecule has 0 spiro atoms. The minimum Gasteiger partial charge on any atom is -0.224 e. The lowest BCUT2D eigenvalue weighted by atomic mass is 9.77. The summed E-state index contributed by atoms with van der Waals surface area (Å²) in [6.45, 7) is 8.75. The van der Waals surface area contributed by atoms with Gasteiger partial charge in [-0.25, -0.2) is 12.5 Å². The van der Waals surface area contributed by atoms with Crippen molar-refractivity contribution in [2.45, 2.75) is 38.0 Å². The summed E-state index contributed by atoms with van der Waals surface area (Å²) in [5.74, 6) is 0. The Morgan fingerprint density at radius 1 is 0.520 bits per heavy atom. The molecule has 0 nitrogen and oxygen atoms in total. The fraction of sp³-hybridized carbons (Fsp3) is 0.125. The highest BCUT2D eigenvalue weighted by Crippen LogP contribution is 2.57. The van der Waals surface area contributed by atoms with Crippen molar-refractivity contribution >= 4 is 49.3 Å². The zero-order valence-electron chi connectivity index (χ0n) is 29.2. The van der Waals surface area contributed by atoms with E-state index in [9.17, 15) is 0 Å². The molecule has 0 N–H and O–H groups in total. The zero-order chi connectivity index (χ0) is 34.3. The molecule has 0 saturated heterocycles. The Hall–Kier alpha value is -4.60. The Labute approximate surface area is 301 Å². The molecule has 0 aromatic heterocycles. The normalized spacial score (nSPS) is 20.4. The summed E-state index contributed by atoms with van der Waals surface area (Å²) in [6.07, 6.45) is 19.2. The van der Waals surface area contributed by atoms with Crippen molar-refractivity contribution in [2.24, 2.45) is 0 Å². The average Bonchev–Trinajstić information content (AvgIpc) is 3.15. The highest BCUT2D eigenvalue weighted by Gasteiger charge is 2.40. The molecule has 8 rings (SSSR count). The lowest BCUT2D eigenvalue weighted by molar-refractivity contribution is 0.904. The second-order valence-corrected chi connectivity index (χ2v) is 17.3. The minimum atomic E-state index is -0.308. The van der Waals surface area contributed by atoms with Crippen molar-refractivity contribution in [1.82, 2.24) is 0 Å². The minimum absolute atomic E-state index is 0.308. The topological polar surface area (TPSA) is 0 Å². The second-order valence-electron chi connectivity index (χ2n) is 14.0. The van der Waals surface area contributed by atoms with Gasteiger partial charge in [0.2, 0.25) is 0 Å². The first-order chi connectivity index (χ1) is 24.3. The molecule has 244 valence electrons. The van der Waals surface area contributed by atoms with Crippen LogP contribution in [0.1, 0.15) is 36.1 Å². The quantitative estimate of drug-likeness (QED) is 0.116. The smallest absolute Gasteiger partial charge is 0.119 e. The van der Waals surface area contributed by atoms with Crippen molar-refractivity contribution in [2.75, 3.05) is 0 Å². The fourth-order valence-corrected chi connectivity index (χ4v) is 10.4. The third kappa shape index (κ3) is 6.07. The van der Waals surface area contributed by atoms with Crippen LogP contribution in [0.4, 0.5) is 0 Å². The Bertz CT molecular complexity index is 2180. The fourth-order valence-electron chi connectivity index (χ4n) is 7.46. The monoisotopic (exact) mass is 680 g/mol. The Balaban J connectivity index is 1.46. The van der Waals surface area contributed by atoms with Crippen LogP contribution in [0.5, 0.6) is 0 Å². The lowest BCUT2D eigenvalue weighted by Gasteiger charge is -2.41. The number of hydrogen-bond acceptors (Lipinski definition) is 0. The molecule has 2 heteroatoms. The van der Waals surface area contributed by atoms with Gasteiger partial charge in [0.05, 0.1) is 18.1 Å². The van der Waals surface area contributed by atoms with E-state index in [0.717, 1.165) is 0 Å². The average molecular weight is 681 g/mol. The third-order valence-corrected chi connectivity index (χ3v) is 13.5. The summed E-state index contributed by atoms with van der Waals surface area (Å²) >= 11 is 0. The molecule has 6 aromatic carbocycles. The molecule has 0 radical (unpaired) electrons. The largest absolute Gasteiger partial charge is 0.224 e. The van der Waals surface area contributed by atoms with E-state index < -0.39 is 0 Å². The third-order valence-electron chi connectivity index (χ3n) is 10.2. The predicted molar refractivity (Wildman–Crippen MR) is 223 cm³/mol. The Kier molecular flexibility index (Phi) is 8.65. The number of allylic oxidation sites excluding steroid dienone is 8. The Morgan fingerprint density at radius 3 is 1.62 bits per heavy atom. The first kappa shape index (κ1) is 32.6. The summed E-state index contributed by atoms with van der Waals surface area (Å²) in [6, 6.07) is 45.8. The van der Waals surface area contributed by atoms with Gasteiger partial charge in [-0.2, -0.15) is 5.57 Å². The lowest BCUT2D eigenvalue weighted by Crippen LogP contribution is -2.26. The summed E-state index contributed by atoms with van der Waals surface area (Å²) in [5.41, 5.74) is 10.5. The molecule has 4 atom stereocenters. The van der Waals surface area contributed by atoms with Gasteiger partial charge in [0.1, 0.15) is 5.16 Å².